The Morgan fingerprint density at radius 3 is 2.33 bits per heavy atom. The number of methoxy groups -OCH3 is 2. The van der Waals surface area contributed by atoms with Crippen LogP contribution in [0.1, 0.15) is 16.7 Å². The molecule has 0 radical (unpaired) electrons. The Morgan fingerprint density at radius 2 is 1.67 bits per heavy atom. The van der Waals surface area contributed by atoms with Gasteiger partial charge in [-0.1, -0.05) is 45.8 Å². The molecule has 2 N–H and O–H groups in total. The van der Waals surface area contributed by atoms with Crippen LogP contribution in [0.4, 0.5) is 5.69 Å². The van der Waals surface area contributed by atoms with Crippen molar-refractivity contribution in [2.45, 2.75) is 19.9 Å². The third-order valence-electron chi connectivity index (χ3n) is 5.09. The summed E-state index contributed by atoms with van der Waals surface area (Å²) >= 11 is 3.60. The summed E-state index contributed by atoms with van der Waals surface area (Å²) in [5.41, 5.74) is 4.15. The number of halogens is 1. The molecular weight excluding hydrogens is 484 g/mol. The number of benzene rings is 3. The molecule has 0 fully saturated rings. The summed E-state index contributed by atoms with van der Waals surface area (Å²) in [4.78, 5) is 12.2. The standard InChI is InChI=1S/C26H29BrN2O4/c1-18-4-8-21(9-5-18)29-26(30)17-33-25-15-23(27)20(14-24(25)32-3)16-28-13-12-19-6-10-22(31-2)11-7-19/h4-11,14-15,28H,12-13,16-17H2,1-3H3,(H,29,30). The van der Waals surface area contributed by atoms with E-state index in [1.165, 1.54) is 5.56 Å². The topological polar surface area (TPSA) is 68.8 Å². The molecule has 0 atom stereocenters. The van der Waals surface area contributed by atoms with Gasteiger partial charge in [0.05, 0.1) is 14.2 Å². The van der Waals surface area contributed by atoms with Crippen LogP contribution in [0.3, 0.4) is 0 Å². The van der Waals surface area contributed by atoms with Crippen molar-refractivity contribution in [1.82, 2.24) is 5.32 Å². The fourth-order valence-corrected chi connectivity index (χ4v) is 3.67. The van der Waals surface area contributed by atoms with E-state index in [1.54, 1.807) is 14.2 Å². The number of carbonyl (C=O) groups excluding carboxylic acids is 1. The summed E-state index contributed by atoms with van der Waals surface area (Å²) in [5.74, 6) is 1.71. The van der Waals surface area contributed by atoms with Crippen molar-refractivity contribution in [1.29, 1.82) is 0 Å². The molecule has 3 aromatic carbocycles. The predicted molar refractivity (Wildman–Crippen MR) is 134 cm³/mol. The van der Waals surface area contributed by atoms with Gasteiger partial charge in [0.25, 0.3) is 5.91 Å². The molecule has 3 rings (SSSR count). The van der Waals surface area contributed by atoms with E-state index in [0.29, 0.717) is 18.0 Å². The molecule has 6 nitrogen and oxygen atoms in total. The van der Waals surface area contributed by atoms with E-state index in [2.05, 4.69) is 38.7 Å². The highest BCUT2D eigenvalue weighted by atomic mass is 79.9. The number of carbonyl (C=O) groups is 1. The van der Waals surface area contributed by atoms with Crippen LogP contribution in [-0.2, 0) is 17.8 Å². The molecular formula is C26H29BrN2O4. The smallest absolute Gasteiger partial charge is 0.262 e. The molecule has 0 heterocycles. The van der Waals surface area contributed by atoms with Crippen molar-refractivity contribution in [3.05, 3.63) is 81.8 Å². The van der Waals surface area contributed by atoms with Crippen LogP contribution in [0.25, 0.3) is 0 Å². The quantitative estimate of drug-likeness (QED) is 0.348. The summed E-state index contributed by atoms with van der Waals surface area (Å²) in [7, 11) is 3.25. The Morgan fingerprint density at radius 1 is 0.939 bits per heavy atom. The van der Waals surface area contributed by atoms with Crippen LogP contribution in [0.2, 0.25) is 0 Å². The zero-order valence-electron chi connectivity index (χ0n) is 19.1. The first-order chi connectivity index (χ1) is 16.0. The van der Waals surface area contributed by atoms with Crippen molar-refractivity contribution < 1.29 is 19.0 Å². The zero-order valence-corrected chi connectivity index (χ0v) is 20.7. The van der Waals surface area contributed by atoms with Gasteiger partial charge in [0.15, 0.2) is 18.1 Å². The van der Waals surface area contributed by atoms with Gasteiger partial charge in [0.1, 0.15) is 5.75 Å². The first-order valence-corrected chi connectivity index (χ1v) is 11.5. The molecule has 0 aliphatic rings. The number of aryl methyl sites for hydroxylation is 1. The van der Waals surface area contributed by atoms with Crippen LogP contribution in [-0.4, -0.2) is 33.3 Å². The monoisotopic (exact) mass is 512 g/mol. The van der Waals surface area contributed by atoms with E-state index < -0.39 is 0 Å². The Bertz CT molecular complexity index is 1050. The predicted octanol–water partition coefficient (Wildman–Crippen LogP) is 5.12. The maximum Gasteiger partial charge on any atom is 0.262 e. The number of rotatable bonds is 11. The van der Waals surface area contributed by atoms with E-state index in [9.17, 15) is 4.79 Å². The summed E-state index contributed by atoms with van der Waals surface area (Å²) in [5, 5.41) is 6.27. The van der Waals surface area contributed by atoms with Gasteiger partial charge < -0.3 is 24.8 Å². The lowest BCUT2D eigenvalue weighted by atomic mass is 10.1. The Labute approximate surface area is 203 Å². The second kappa shape index (κ2) is 12.3. The number of hydrogen-bond donors (Lipinski definition) is 2. The molecule has 0 aliphatic carbocycles. The number of nitrogens with one attached hydrogen (secondary N) is 2. The molecule has 174 valence electrons. The van der Waals surface area contributed by atoms with Crippen molar-refractivity contribution in [3.8, 4) is 17.2 Å². The van der Waals surface area contributed by atoms with Crippen molar-refractivity contribution >= 4 is 27.5 Å². The minimum absolute atomic E-state index is 0.115. The lowest BCUT2D eigenvalue weighted by Gasteiger charge is -2.14. The normalized spacial score (nSPS) is 10.5. The van der Waals surface area contributed by atoms with Crippen LogP contribution < -0.4 is 24.8 Å². The average Bonchev–Trinajstić information content (AvgIpc) is 2.83. The minimum Gasteiger partial charge on any atom is -0.497 e. The van der Waals surface area contributed by atoms with Gasteiger partial charge in [-0.2, -0.15) is 0 Å². The SMILES string of the molecule is COc1ccc(CCNCc2cc(OC)c(OCC(=O)Nc3ccc(C)cc3)cc2Br)cc1. The van der Waals surface area contributed by atoms with Gasteiger partial charge in [-0.05, 0) is 67.4 Å². The van der Waals surface area contributed by atoms with E-state index in [-0.39, 0.29) is 12.5 Å². The van der Waals surface area contributed by atoms with Crippen molar-refractivity contribution in [2.75, 3.05) is 32.7 Å². The Hall–Kier alpha value is -3.03. The first-order valence-electron chi connectivity index (χ1n) is 10.7. The molecule has 0 saturated heterocycles. The largest absolute Gasteiger partial charge is 0.497 e. The third-order valence-corrected chi connectivity index (χ3v) is 5.83. The van der Waals surface area contributed by atoms with Crippen LogP contribution in [0.15, 0.2) is 65.1 Å². The second-order valence-electron chi connectivity index (χ2n) is 7.57. The Kier molecular flexibility index (Phi) is 9.15. The lowest BCUT2D eigenvalue weighted by molar-refractivity contribution is -0.118. The number of ether oxygens (including phenoxy) is 3. The van der Waals surface area contributed by atoms with Crippen LogP contribution in [0.5, 0.6) is 17.2 Å². The van der Waals surface area contributed by atoms with Gasteiger partial charge in [0, 0.05) is 16.7 Å². The molecule has 3 aromatic rings. The highest BCUT2D eigenvalue weighted by Gasteiger charge is 2.12. The zero-order chi connectivity index (χ0) is 23.6. The number of anilines is 1. The summed E-state index contributed by atoms with van der Waals surface area (Å²) in [6, 6.07) is 19.4. The molecule has 0 unspecified atom stereocenters. The van der Waals surface area contributed by atoms with Crippen molar-refractivity contribution in [3.63, 3.8) is 0 Å². The maximum atomic E-state index is 12.2. The lowest BCUT2D eigenvalue weighted by Crippen LogP contribution is -2.20. The fourth-order valence-electron chi connectivity index (χ4n) is 3.21. The molecule has 7 heteroatoms. The maximum absolute atomic E-state index is 12.2. The highest BCUT2D eigenvalue weighted by Crippen LogP contribution is 2.33. The van der Waals surface area contributed by atoms with Crippen LogP contribution in [0, 0.1) is 6.92 Å². The van der Waals surface area contributed by atoms with Gasteiger partial charge >= 0.3 is 0 Å². The highest BCUT2D eigenvalue weighted by molar-refractivity contribution is 9.10. The molecule has 33 heavy (non-hydrogen) atoms. The summed E-state index contributed by atoms with van der Waals surface area (Å²) in [6.07, 6.45) is 0.913. The minimum atomic E-state index is -0.235. The van der Waals surface area contributed by atoms with E-state index in [1.807, 2.05) is 55.5 Å². The van der Waals surface area contributed by atoms with Crippen molar-refractivity contribution in [2.24, 2.45) is 0 Å². The molecule has 0 spiro atoms. The van der Waals surface area contributed by atoms with E-state index in [4.69, 9.17) is 14.2 Å². The van der Waals surface area contributed by atoms with E-state index >= 15 is 0 Å². The molecule has 1 amide bonds. The first kappa shape index (κ1) is 24.6. The third kappa shape index (κ3) is 7.51. The molecule has 0 aromatic heterocycles. The Balaban J connectivity index is 1.51. The van der Waals surface area contributed by atoms with Crippen LogP contribution >= 0.6 is 15.9 Å². The van der Waals surface area contributed by atoms with Gasteiger partial charge in [0.2, 0.25) is 0 Å². The molecule has 0 saturated carbocycles. The molecule has 0 aliphatic heterocycles. The van der Waals surface area contributed by atoms with Gasteiger partial charge in [-0.15, -0.1) is 0 Å². The summed E-state index contributed by atoms with van der Waals surface area (Å²) < 4.78 is 17.3. The fraction of sp³-hybridized carbons (Fsp3) is 0.269. The van der Waals surface area contributed by atoms with E-state index in [0.717, 1.165) is 40.0 Å². The summed E-state index contributed by atoms with van der Waals surface area (Å²) in [6.45, 7) is 3.38. The van der Waals surface area contributed by atoms with Gasteiger partial charge in [-0.25, -0.2) is 0 Å². The average molecular weight is 513 g/mol. The number of hydrogen-bond acceptors (Lipinski definition) is 5. The van der Waals surface area contributed by atoms with Gasteiger partial charge in [-0.3, -0.25) is 4.79 Å². The second-order valence-corrected chi connectivity index (χ2v) is 8.43. The molecule has 0 bridgehead atoms. The number of amides is 1.